The molecule has 6 nitrogen and oxygen atoms in total. The third-order valence-corrected chi connectivity index (χ3v) is 4.39. The number of anilines is 1. The van der Waals surface area contributed by atoms with Gasteiger partial charge < -0.3 is 16.0 Å². The Kier molecular flexibility index (Phi) is 6.54. The van der Waals surface area contributed by atoms with E-state index >= 15 is 0 Å². The summed E-state index contributed by atoms with van der Waals surface area (Å²) in [5, 5.41) is 7.81. The van der Waals surface area contributed by atoms with E-state index in [1.807, 2.05) is 36.0 Å². The average molecular weight is 322 g/mol. The smallest absolute Gasteiger partial charge is 0.319 e. The van der Waals surface area contributed by atoms with Crippen LogP contribution < -0.4 is 16.0 Å². The number of rotatable bonds is 5. The molecule has 1 aliphatic rings. The summed E-state index contributed by atoms with van der Waals surface area (Å²) < 4.78 is 0. The van der Waals surface area contributed by atoms with Crippen molar-refractivity contribution >= 4 is 29.4 Å². The minimum Gasteiger partial charge on any atom is -0.358 e. The molecule has 0 saturated carbocycles. The molecule has 2 rings (SSSR count). The molecule has 3 N–H and O–H groups in total. The largest absolute Gasteiger partial charge is 0.358 e. The van der Waals surface area contributed by atoms with Crippen LogP contribution in [0.4, 0.5) is 10.5 Å². The zero-order valence-corrected chi connectivity index (χ0v) is 13.5. The van der Waals surface area contributed by atoms with Crippen molar-refractivity contribution in [2.24, 2.45) is 0 Å². The number of carbonyl (C=O) groups excluding carboxylic acids is 2. The van der Waals surface area contributed by atoms with Crippen LogP contribution in [-0.2, 0) is 11.3 Å². The lowest BCUT2D eigenvalue weighted by Gasteiger charge is -2.27. The number of urea groups is 1. The fraction of sp³-hybridized carbons (Fsp3) is 0.467. The van der Waals surface area contributed by atoms with Crippen molar-refractivity contribution in [1.29, 1.82) is 0 Å². The number of hydrogen-bond acceptors (Lipinski definition) is 4. The van der Waals surface area contributed by atoms with Crippen molar-refractivity contribution in [2.75, 3.05) is 43.5 Å². The fourth-order valence-electron chi connectivity index (χ4n) is 2.20. The van der Waals surface area contributed by atoms with Crippen molar-refractivity contribution in [3.8, 4) is 0 Å². The first-order valence-electron chi connectivity index (χ1n) is 7.32. The van der Waals surface area contributed by atoms with Gasteiger partial charge in [0.2, 0.25) is 5.91 Å². The Bertz CT molecular complexity index is 518. The molecule has 0 atom stereocenters. The molecular formula is C15H22N4O2S. The van der Waals surface area contributed by atoms with Crippen molar-refractivity contribution in [2.45, 2.75) is 6.54 Å². The highest BCUT2D eigenvalue weighted by molar-refractivity contribution is 7.99. The Morgan fingerprint density at radius 3 is 2.68 bits per heavy atom. The van der Waals surface area contributed by atoms with Gasteiger partial charge in [-0.05, 0) is 11.6 Å². The summed E-state index contributed by atoms with van der Waals surface area (Å²) in [5.41, 5.74) is 1.87. The molecule has 3 amide bonds. The number of nitrogens with zero attached hydrogens (tertiary/aromatic N) is 1. The number of thioether (sulfide) groups is 1. The van der Waals surface area contributed by atoms with Gasteiger partial charge in [-0.15, -0.1) is 0 Å². The maximum absolute atomic E-state index is 11.9. The maximum Gasteiger partial charge on any atom is 0.319 e. The Hall–Kier alpha value is -1.73. The molecule has 0 bridgehead atoms. The van der Waals surface area contributed by atoms with Gasteiger partial charge in [-0.2, -0.15) is 11.8 Å². The SMILES string of the molecule is CNC(=O)CNC(=O)Nc1ccccc1CN1CCSCC1. The Morgan fingerprint density at radius 1 is 1.23 bits per heavy atom. The second kappa shape index (κ2) is 8.65. The summed E-state index contributed by atoms with van der Waals surface area (Å²) in [6.45, 7) is 2.93. The third-order valence-electron chi connectivity index (χ3n) is 3.45. The normalized spacial score (nSPS) is 15.1. The van der Waals surface area contributed by atoms with Gasteiger partial charge in [0.15, 0.2) is 0 Å². The van der Waals surface area contributed by atoms with E-state index in [4.69, 9.17) is 0 Å². The highest BCUT2D eigenvalue weighted by Gasteiger charge is 2.13. The van der Waals surface area contributed by atoms with Crippen molar-refractivity contribution < 1.29 is 9.59 Å². The van der Waals surface area contributed by atoms with Crippen LogP contribution >= 0.6 is 11.8 Å². The van der Waals surface area contributed by atoms with E-state index in [1.165, 1.54) is 7.05 Å². The quantitative estimate of drug-likeness (QED) is 0.759. The first-order chi connectivity index (χ1) is 10.7. The second-order valence-corrected chi connectivity index (χ2v) is 6.25. The topological polar surface area (TPSA) is 73.5 Å². The maximum atomic E-state index is 11.9. The Labute approximate surface area is 135 Å². The minimum atomic E-state index is -0.370. The van der Waals surface area contributed by atoms with E-state index in [0.29, 0.717) is 0 Å². The summed E-state index contributed by atoms with van der Waals surface area (Å²) in [4.78, 5) is 25.4. The molecular weight excluding hydrogens is 300 g/mol. The molecule has 0 aromatic heterocycles. The first-order valence-corrected chi connectivity index (χ1v) is 8.48. The van der Waals surface area contributed by atoms with Gasteiger partial charge in [0, 0.05) is 43.9 Å². The molecule has 7 heteroatoms. The minimum absolute atomic E-state index is 0.0339. The second-order valence-electron chi connectivity index (χ2n) is 5.03. The summed E-state index contributed by atoms with van der Waals surface area (Å²) >= 11 is 1.98. The molecule has 120 valence electrons. The number of nitrogens with one attached hydrogen (secondary N) is 3. The van der Waals surface area contributed by atoms with Crippen LogP contribution in [0.1, 0.15) is 5.56 Å². The van der Waals surface area contributed by atoms with E-state index in [0.717, 1.165) is 42.4 Å². The van der Waals surface area contributed by atoms with Gasteiger partial charge in [-0.1, -0.05) is 18.2 Å². The van der Waals surface area contributed by atoms with Gasteiger partial charge in [-0.25, -0.2) is 4.79 Å². The van der Waals surface area contributed by atoms with Crippen LogP contribution in [0.3, 0.4) is 0 Å². The van der Waals surface area contributed by atoms with Crippen molar-refractivity contribution in [3.05, 3.63) is 29.8 Å². The number of para-hydroxylation sites is 1. The van der Waals surface area contributed by atoms with Crippen molar-refractivity contribution in [1.82, 2.24) is 15.5 Å². The van der Waals surface area contributed by atoms with Gasteiger partial charge in [0.05, 0.1) is 6.54 Å². The summed E-state index contributed by atoms with van der Waals surface area (Å²) in [5.74, 6) is 2.08. The lowest BCUT2D eigenvalue weighted by molar-refractivity contribution is -0.119. The molecule has 0 aliphatic carbocycles. The van der Waals surface area contributed by atoms with E-state index < -0.39 is 0 Å². The number of benzene rings is 1. The Morgan fingerprint density at radius 2 is 1.95 bits per heavy atom. The molecule has 0 radical (unpaired) electrons. The average Bonchev–Trinajstić information content (AvgIpc) is 2.55. The van der Waals surface area contributed by atoms with E-state index in [1.54, 1.807) is 0 Å². The van der Waals surface area contributed by atoms with Crippen LogP contribution in [0.15, 0.2) is 24.3 Å². The van der Waals surface area contributed by atoms with E-state index in [9.17, 15) is 9.59 Å². The molecule has 1 aromatic rings. The lowest BCUT2D eigenvalue weighted by Crippen LogP contribution is -2.38. The van der Waals surface area contributed by atoms with Crippen LogP contribution in [0.2, 0.25) is 0 Å². The highest BCUT2D eigenvalue weighted by Crippen LogP contribution is 2.19. The predicted octanol–water partition coefficient (Wildman–Crippen LogP) is 1.10. The van der Waals surface area contributed by atoms with Crippen molar-refractivity contribution in [3.63, 3.8) is 0 Å². The van der Waals surface area contributed by atoms with Crippen LogP contribution in [0.5, 0.6) is 0 Å². The molecule has 1 saturated heterocycles. The van der Waals surface area contributed by atoms with Crippen LogP contribution in [-0.4, -0.2) is 55.0 Å². The van der Waals surface area contributed by atoms with Gasteiger partial charge >= 0.3 is 6.03 Å². The van der Waals surface area contributed by atoms with E-state index in [-0.39, 0.29) is 18.5 Å². The molecule has 0 unspecified atom stereocenters. The molecule has 0 spiro atoms. The highest BCUT2D eigenvalue weighted by atomic mass is 32.2. The lowest BCUT2D eigenvalue weighted by atomic mass is 10.1. The molecule has 1 aliphatic heterocycles. The summed E-state index contributed by atoms with van der Waals surface area (Å²) in [6.07, 6.45) is 0. The molecule has 1 heterocycles. The molecule has 22 heavy (non-hydrogen) atoms. The zero-order valence-electron chi connectivity index (χ0n) is 12.7. The molecule has 1 aromatic carbocycles. The number of hydrogen-bond donors (Lipinski definition) is 3. The van der Waals surface area contributed by atoms with Gasteiger partial charge in [0.25, 0.3) is 0 Å². The predicted molar refractivity (Wildman–Crippen MR) is 90.1 cm³/mol. The summed E-state index contributed by atoms with van der Waals surface area (Å²) in [6, 6.07) is 7.40. The summed E-state index contributed by atoms with van der Waals surface area (Å²) in [7, 11) is 1.54. The molecule has 1 fully saturated rings. The number of carbonyl (C=O) groups is 2. The third kappa shape index (κ3) is 5.23. The first kappa shape index (κ1) is 16.6. The van der Waals surface area contributed by atoms with Gasteiger partial charge in [0.1, 0.15) is 0 Å². The van der Waals surface area contributed by atoms with E-state index in [2.05, 4.69) is 20.9 Å². The van der Waals surface area contributed by atoms with Crippen LogP contribution in [0, 0.1) is 0 Å². The number of likely N-dealkylation sites (N-methyl/N-ethyl adjacent to an activating group) is 1. The fourth-order valence-corrected chi connectivity index (χ4v) is 3.17. The Balaban J connectivity index is 1.92. The standard InChI is InChI=1S/C15H22N4O2S/c1-16-14(20)10-17-15(21)18-13-5-3-2-4-12(13)11-19-6-8-22-9-7-19/h2-5H,6-11H2,1H3,(H,16,20)(H2,17,18,21). The van der Waals surface area contributed by atoms with Crippen LogP contribution in [0.25, 0.3) is 0 Å². The van der Waals surface area contributed by atoms with Gasteiger partial charge in [-0.3, -0.25) is 9.69 Å². The zero-order chi connectivity index (χ0) is 15.8. The number of amides is 3. The monoisotopic (exact) mass is 322 g/mol.